The van der Waals surface area contributed by atoms with Gasteiger partial charge in [-0.25, -0.2) is 0 Å². The van der Waals surface area contributed by atoms with E-state index in [4.69, 9.17) is 0 Å². The van der Waals surface area contributed by atoms with Crippen molar-refractivity contribution in [2.45, 2.75) is 51.9 Å². The fourth-order valence-corrected chi connectivity index (χ4v) is 4.54. The maximum Gasteiger partial charge on any atom is 0.160 e. The lowest BCUT2D eigenvalue weighted by molar-refractivity contribution is 0.112. The minimum Gasteiger partial charge on any atom is -0.297 e. The zero-order chi connectivity index (χ0) is 12.8. The van der Waals surface area contributed by atoms with Gasteiger partial charge in [0.25, 0.3) is 0 Å². The van der Waals surface area contributed by atoms with Gasteiger partial charge in [-0.2, -0.15) is 0 Å². The molecular weight excluding hydrogens is 260 g/mol. The molecule has 0 bridgehead atoms. The lowest BCUT2D eigenvalue weighted by Crippen LogP contribution is -1.82. The number of rotatable bonds is 8. The highest BCUT2D eigenvalue weighted by Crippen LogP contribution is 2.33. The van der Waals surface area contributed by atoms with Crippen LogP contribution in [0, 0.1) is 0 Å². The third-order valence-corrected chi connectivity index (χ3v) is 5.55. The van der Waals surface area contributed by atoms with Gasteiger partial charge in [-0.1, -0.05) is 39.0 Å². The number of aldehydes is 1. The van der Waals surface area contributed by atoms with Crippen molar-refractivity contribution in [2.75, 3.05) is 0 Å². The summed E-state index contributed by atoms with van der Waals surface area (Å²) in [6.45, 7) is 2.26. The minimum atomic E-state index is 0.849. The predicted molar refractivity (Wildman–Crippen MR) is 82.2 cm³/mol. The van der Waals surface area contributed by atoms with E-state index >= 15 is 0 Å². The van der Waals surface area contributed by atoms with Crippen LogP contribution >= 0.6 is 22.7 Å². The zero-order valence-corrected chi connectivity index (χ0v) is 12.5. The van der Waals surface area contributed by atoms with Crippen LogP contribution in [-0.4, -0.2) is 6.29 Å². The Morgan fingerprint density at radius 3 is 2.56 bits per heavy atom. The molecule has 0 N–H and O–H groups in total. The van der Waals surface area contributed by atoms with Gasteiger partial charge >= 0.3 is 0 Å². The number of fused-ring (bicyclic) bond motifs is 1. The van der Waals surface area contributed by atoms with Crippen LogP contribution in [0.2, 0.25) is 0 Å². The summed E-state index contributed by atoms with van der Waals surface area (Å²) in [4.78, 5) is 13.0. The molecule has 0 fully saturated rings. The Hall–Kier alpha value is -0.670. The lowest BCUT2D eigenvalue weighted by atomic mass is 10.1. The van der Waals surface area contributed by atoms with Crippen LogP contribution in [0.25, 0.3) is 9.40 Å². The summed E-state index contributed by atoms with van der Waals surface area (Å²) < 4.78 is 1.30. The monoisotopic (exact) mass is 280 g/mol. The van der Waals surface area contributed by atoms with Crippen molar-refractivity contribution in [1.82, 2.24) is 0 Å². The first kappa shape index (κ1) is 13.8. The third-order valence-electron chi connectivity index (χ3n) is 3.18. The highest BCUT2D eigenvalue weighted by Gasteiger charge is 2.06. The van der Waals surface area contributed by atoms with Crippen molar-refractivity contribution in [3.05, 3.63) is 21.9 Å². The molecule has 18 heavy (non-hydrogen) atoms. The summed E-state index contributed by atoms with van der Waals surface area (Å²) in [7, 11) is 0. The summed E-state index contributed by atoms with van der Waals surface area (Å²) in [5.74, 6) is 0. The van der Waals surface area contributed by atoms with Gasteiger partial charge < -0.3 is 0 Å². The van der Waals surface area contributed by atoms with Crippen molar-refractivity contribution < 1.29 is 4.79 Å². The number of carbonyl (C=O) groups excluding carboxylic acids is 1. The Morgan fingerprint density at radius 1 is 1.06 bits per heavy atom. The van der Waals surface area contributed by atoms with Crippen LogP contribution in [0.1, 0.15) is 60.0 Å². The lowest BCUT2D eigenvalue weighted by Gasteiger charge is -1.99. The van der Waals surface area contributed by atoms with E-state index in [1.54, 1.807) is 11.3 Å². The van der Waals surface area contributed by atoms with Crippen LogP contribution < -0.4 is 0 Å². The second-order valence-corrected chi connectivity index (χ2v) is 7.22. The van der Waals surface area contributed by atoms with Gasteiger partial charge in [-0.15, -0.1) is 22.7 Å². The van der Waals surface area contributed by atoms with E-state index in [9.17, 15) is 4.79 Å². The molecule has 0 saturated carbocycles. The molecular formula is C15H20OS2. The van der Waals surface area contributed by atoms with E-state index in [2.05, 4.69) is 13.0 Å². The Labute approximate surface area is 117 Å². The largest absolute Gasteiger partial charge is 0.297 e. The quantitative estimate of drug-likeness (QED) is 0.449. The average Bonchev–Trinajstić information content (AvgIpc) is 2.91. The molecule has 98 valence electrons. The maximum absolute atomic E-state index is 10.7. The van der Waals surface area contributed by atoms with Crippen LogP contribution in [0.4, 0.5) is 0 Å². The van der Waals surface area contributed by atoms with E-state index in [0.29, 0.717) is 0 Å². The molecule has 0 aromatic carbocycles. The zero-order valence-electron chi connectivity index (χ0n) is 10.9. The molecule has 0 unspecified atom stereocenters. The van der Waals surface area contributed by atoms with Crippen molar-refractivity contribution >= 4 is 38.4 Å². The molecule has 2 heterocycles. The molecule has 0 atom stereocenters. The van der Waals surface area contributed by atoms with Crippen LogP contribution in [-0.2, 0) is 6.42 Å². The SMILES string of the molecule is CCCCCCCCc1cc2cc(C=O)sc2s1. The summed E-state index contributed by atoms with van der Waals surface area (Å²) in [5.41, 5.74) is 0. The number of carbonyl (C=O) groups is 1. The van der Waals surface area contributed by atoms with Crippen LogP contribution in [0.15, 0.2) is 12.1 Å². The number of hydrogen-bond donors (Lipinski definition) is 0. The van der Waals surface area contributed by atoms with Gasteiger partial charge in [-0.3, -0.25) is 4.79 Å². The summed E-state index contributed by atoms with van der Waals surface area (Å²) in [5, 5.41) is 1.26. The highest BCUT2D eigenvalue weighted by atomic mass is 32.2. The van der Waals surface area contributed by atoms with Crippen LogP contribution in [0.3, 0.4) is 0 Å². The Kier molecular flexibility index (Phi) is 5.39. The fraction of sp³-hybridized carbons (Fsp3) is 0.533. The van der Waals surface area contributed by atoms with E-state index in [0.717, 1.165) is 11.2 Å². The molecule has 3 heteroatoms. The fourth-order valence-electron chi connectivity index (χ4n) is 2.17. The number of unbranched alkanes of at least 4 members (excludes halogenated alkanes) is 5. The summed E-state index contributed by atoms with van der Waals surface area (Å²) >= 11 is 3.48. The minimum absolute atomic E-state index is 0.849. The molecule has 2 rings (SSSR count). The normalized spacial score (nSPS) is 11.2. The Bertz CT molecular complexity index is 464. The second kappa shape index (κ2) is 7.05. The van der Waals surface area contributed by atoms with Crippen molar-refractivity contribution in [3.8, 4) is 0 Å². The number of hydrogen-bond acceptors (Lipinski definition) is 3. The molecule has 0 saturated heterocycles. The summed E-state index contributed by atoms with van der Waals surface area (Å²) in [6, 6.07) is 4.27. The third kappa shape index (κ3) is 3.66. The first-order valence-corrected chi connectivity index (χ1v) is 8.44. The molecule has 1 nitrogen and oxygen atoms in total. The molecule has 0 spiro atoms. The maximum atomic E-state index is 10.7. The molecule has 0 amide bonds. The Balaban J connectivity index is 1.77. The molecule has 2 aromatic rings. The highest BCUT2D eigenvalue weighted by molar-refractivity contribution is 7.38. The number of aryl methyl sites for hydroxylation is 1. The van der Waals surface area contributed by atoms with E-state index in [1.165, 1.54) is 59.2 Å². The predicted octanol–water partition coefficient (Wildman–Crippen LogP) is 5.68. The molecule has 0 radical (unpaired) electrons. The van der Waals surface area contributed by atoms with Gasteiger partial charge in [0, 0.05) is 10.3 Å². The first-order valence-electron chi connectivity index (χ1n) is 6.81. The van der Waals surface area contributed by atoms with Crippen molar-refractivity contribution in [2.24, 2.45) is 0 Å². The standard InChI is InChI=1S/C15H20OS2/c1-2-3-4-5-6-7-8-13-9-12-10-14(11-16)18-15(12)17-13/h9-11H,2-8H2,1H3. The molecule has 2 aromatic heterocycles. The number of thiophene rings is 2. The van der Waals surface area contributed by atoms with E-state index in [1.807, 2.05) is 17.4 Å². The molecule has 0 aliphatic heterocycles. The summed E-state index contributed by atoms with van der Waals surface area (Å²) in [6.07, 6.45) is 10.3. The van der Waals surface area contributed by atoms with Gasteiger partial charge in [-0.05, 0) is 25.0 Å². The Morgan fingerprint density at radius 2 is 1.83 bits per heavy atom. The smallest absolute Gasteiger partial charge is 0.160 e. The second-order valence-electron chi connectivity index (χ2n) is 4.74. The molecule has 0 aliphatic carbocycles. The van der Waals surface area contributed by atoms with E-state index in [-0.39, 0.29) is 0 Å². The van der Waals surface area contributed by atoms with Crippen LogP contribution in [0.5, 0.6) is 0 Å². The van der Waals surface area contributed by atoms with Crippen molar-refractivity contribution in [3.63, 3.8) is 0 Å². The van der Waals surface area contributed by atoms with Gasteiger partial charge in [0.15, 0.2) is 6.29 Å². The van der Waals surface area contributed by atoms with Gasteiger partial charge in [0.05, 0.1) is 8.89 Å². The topological polar surface area (TPSA) is 17.1 Å². The van der Waals surface area contributed by atoms with E-state index < -0.39 is 0 Å². The average molecular weight is 280 g/mol. The molecule has 0 aliphatic rings. The van der Waals surface area contributed by atoms with Crippen molar-refractivity contribution in [1.29, 1.82) is 0 Å². The first-order chi connectivity index (χ1) is 8.83. The van der Waals surface area contributed by atoms with Gasteiger partial charge in [0.1, 0.15) is 0 Å². The van der Waals surface area contributed by atoms with Gasteiger partial charge in [0.2, 0.25) is 0 Å².